The molecule has 1 heterocycles. The maximum absolute atomic E-state index is 2.66. The fourth-order valence-corrected chi connectivity index (χ4v) is 4.24. The van der Waals surface area contributed by atoms with Crippen molar-refractivity contribution < 1.29 is 0 Å². The zero-order valence-electron chi connectivity index (χ0n) is 19.1. The predicted molar refractivity (Wildman–Crippen MR) is 122 cm³/mol. The largest absolute Gasteiger partial charge is 0.356 e. The van der Waals surface area contributed by atoms with Crippen molar-refractivity contribution in [2.24, 2.45) is 0 Å². The van der Waals surface area contributed by atoms with Crippen LogP contribution >= 0.6 is 0 Å². The van der Waals surface area contributed by atoms with E-state index in [4.69, 9.17) is 0 Å². The third-order valence-corrected chi connectivity index (χ3v) is 6.07. The van der Waals surface area contributed by atoms with E-state index in [1.54, 1.807) is 0 Å². The molecule has 0 radical (unpaired) electrons. The van der Waals surface area contributed by atoms with E-state index in [2.05, 4.69) is 43.0 Å². The van der Waals surface area contributed by atoms with E-state index in [0.717, 1.165) is 0 Å². The number of hydrogen-bond acceptors (Lipinski definition) is 2. The van der Waals surface area contributed by atoms with E-state index in [0.29, 0.717) is 6.17 Å². The molecule has 0 saturated carbocycles. The van der Waals surface area contributed by atoms with Crippen LogP contribution in [0.15, 0.2) is 12.4 Å². The Balaban J connectivity index is 2.26. The maximum atomic E-state index is 2.66. The van der Waals surface area contributed by atoms with Crippen molar-refractivity contribution in [2.45, 2.75) is 136 Å². The molecule has 0 aliphatic carbocycles. The summed E-state index contributed by atoms with van der Waals surface area (Å²) in [4.78, 5) is 5.29. The van der Waals surface area contributed by atoms with Gasteiger partial charge in [0.15, 0.2) is 0 Å². The SMILES string of the molecule is CCCCCCCCCCN1C=CN(CCCCC)C1CCCCCCC. The van der Waals surface area contributed by atoms with Crippen molar-refractivity contribution in [1.29, 1.82) is 0 Å². The van der Waals surface area contributed by atoms with Gasteiger partial charge in [0.25, 0.3) is 0 Å². The Bertz CT molecular complexity index is 339. The Morgan fingerprint density at radius 1 is 0.481 bits per heavy atom. The van der Waals surface area contributed by atoms with Crippen molar-refractivity contribution in [3.8, 4) is 0 Å². The second-order valence-electron chi connectivity index (χ2n) is 8.64. The van der Waals surface area contributed by atoms with E-state index in [-0.39, 0.29) is 0 Å². The summed E-state index contributed by atoms with van der Waals surface area (Å²) in [5.74, 6) is 0. The Kier molecular flexibility index (Phi) is 15.7. The van der Waals surface area contributed by atoms with Crippen LogP contribution in [-0.4, -0.2) is 29.1 Å². The quantitative estimate of drug-likeness (QED) is 0.209. The van der Waals surface area contributed by atoms with Crippen LogP contribution in [0.4, 0.5) is 0 Å². The van der Waals surface area contributed by atoms with Gasteiger partial charge in [-0.1, -0.05) is 104 Å². The van der Waals surface area contributed by atoms with E-state index in [1.165, 1.54) is 122 Å². The molecule has 0 aromatic heterocycles. The zero-order chi connectivity index (χ0) is 19.6. The van der Waals surface area contributed by atoms with Crippen LogP contribution in [0.3, 0.4) is 0 Å². The van der Waals surface area contributed by atoms with Crippen molar-refractivity contribution in [3.05, 3.63) is 12.4 Å². The lowest BCUT2D eigenvalue weighted by molar-refractivity contribution is 0.135. The predicted octanol–water partition coefficient (Wildman–Crippen LogP) is 8.09. The highest BCUT2D eigenvalue weighted by Crippen LogP contribution is 2.23. The van der Waals surface area contributed by atoms with Crippen LogP contribution in [0.1, 0.15) is 130 Å². The lowest BCUT2D eigenvalue weighted by Gasteiger charge is -2.33. The summed E-state index contributed by atoms with van der Waals surface area (Å²) in [7, 11) is 0. The van der Waals surface area contributed by atoms with Gasteiger partial charge in [-0.25, -0.2) is 0 Å². The summed E-state index contributed by atoms with van der Waals surface area (Å²) < 4.78 is 0. The number of rotatable bonds is 19. The molecule has 0 amide bonds. The van der Waals surface area contributed by atoms with Gasteiger partial charge in [-0.3, -0.25) is 0 Å². The minimum Gasteiger partial charge on any atom is -0.356 e. The van der Waals surface area contributed by atoms with Crippen molar-refractivity contribution in [2.75, 3.05) is 13.1 Å². The molecule has 0 N–H and O–H groups in total. The average molecular weight is 379 g/mol. The van der Waals surface area contributed by atoms with Crippen molar-refractivity contribution >= 4 is 0 Å². The van der Waals surface area contributed by atoms with Gasteiger partial charge in [0.05, 0.1) is 0 Å². The number of hydrogen-bond donors (Lipinski definition) is 0. The van der Waals surface area contributed by atoms with Crippen LogP contribution in [-0.2, 0) is 0 Å². The van der Waals surface area contributed by atoms with Gasteiger partial charge in [-0.2, -0.15) is 0 Å². The van der Waals surface area contributed by atoms with Gasteiger partial charge in [-0.05, 0) is 25.7 Å². The first-order valence-electron chi connectivity index (χ1n) is 12.5. The van der Waals surface area contributed by atoms with Gasteiger partial charge in [0.2, 0.25) is 0 Å². The molecule has 0 saturated heterocycles. The van der Waals surface area contributed by atoms with Gasteiger partial charge < -0.3 is 9.80 Å². The molecule has 27 heavy (non-hydrogen) atoms. The van der Waals surface area contributed by atoms with Crippen LogP contribution < -0.4 is 0 Å². The lowest BCUT2D eigenvalue weighted by atomic mass is 10.1. The molecular formula is C25H50N2. The van der Waals surface area contributed by atoms with E-state index in [1.807, 2.05) is 0 Å². The molecule has 160 valence electrons. The highest BCUT2D eigenvalue weighted by Gasteiger charge is 2.24. The number of nitrogens with zero attached hydrogens (tertiary/aromatic N) is 2. The van der Waals surface area contributed by atoms with Crippen LogP contribution in [0, 0.1) is 0 Å². The maximum Gasteiger partial charge on any atom is 0.101 e. The standard InChI is InChI=1S/C25H50N2/c1-4-7-10-12-13-14-16-19-22-27-24-23-26(21-18-9-6-3)25(27)20-17-15-11-8-5-2/h23-25H,4-22H2,1-3H3. The molecule has 0 aromatic carbocycles. The fraction of sp³-hybridized carbons (Fsp3) is 0.920. The molecule has 1 rings (SSSR count). The Morgan fingerprint density at radius 2 is 0.852 bits per heavy atom. The molecule has 2 heteroatoms. The average Bonchev–Trinajstić information content (AvgIpc) is 3.06. The molecule has 0 fully saturated rings. The minimum absolute atomic E-state index is 0.646. The molecule has 0 spiro atoms. The second-order valence-corrected chi connectivity index (χ2v) is 8.64. The topological polar surface area (TPSA) is 6.48 Å². The van der Waals surface area contributed by atoms with Crippen LogP contribution in [0.5, 0.6) is 0 Å². The molecule has 2 nitrogen and oxygen atoms in total. The van der Waals surface area contributed by atoms with E-state index >= 15 is 0 Å². The van der Waals surface area contributed by atoms with Crippen molar-refractivity contribution in [1.82, 2.24) is 9.80 Å². The lowest BCUT2D eigenvalue weighted by Crippen LogP contribution is -2.39. The van der Waals surface area contributed by atoms with Gasteiger partial charge in [0, 0.05) is 25.5 Å². The van der Waals surface area contributed by atoms with E-state index in [9.17, 15) is 0 Å². The third-order valence-electron chi connectivity index (χ3n) is 6.07. The molecule has 0 bridgehead atoms. The minimum atomic E-state index is 0.646. The summed E-state index contributed by atoms with van der Waals surface area (Å²) in [6.45, 7) is 9.42. The highest BCUT2D eigenvalue weighted by molar-refractivity contribution is 4.96. The zero-order valence-corrected chi connectivity index (χ0v) is 19.1. The Labute approximate surface area is 171 Å². The van der Waals surface area contributed by atoms with Gasteiger partial charge in [-0.15, -0.1) is 0 Å². The molecule has 1 atom stereocenters. The summed E-state index contributed by atoms with van der Waals surface area (Å²) in [5, 5.41) is 0. The summed E-state index contributed by atoms with van der Waals surface area (Å²) in [6.07, 6.45) is 29.1. The Morgan fingerprint density at radius 3 is 1.37 bits per heavy atom. The molecule has 1 aliphatic heterocycles. The number of unbranched alkanes of at least 4 members (excludes halogenated alkanes) is 13. The second kappa shape index (κ2) is 17.4. The summed E-state index contributed by atoms with van der Waals surface area (Å²) >= 11 is 0. The third kappa shape index (κ3) is 11.7. The molecule has 0 aromatic rings. The molecule has 1 unspecified atom stereocenters. The summed E-state index contributed by atoms with van der Waals surface area (Å²) in [5.41, 5.74) is 0. The molecular weight excluding hydrogens is 328 g/mol. The first kappa shape index (κ1) is 24.4. The van der Waals surface area contributed by atoms with Crippen molar-refractivity contribution in [3.63, 3.8) is 0 Å². The highest BCUT2D eigenvalue weighted by atomic mass is 15.4. The fourth-order valence-electron chi connectivity index (χ4n) is 4.24. The monoisotopic (exact) mass is 378 g/mol. The first-order valence-corrected chi connectivity index (χ1v) is 12.5. The van der Waals surface area contributed by atoms with Gasteiger partial charge >= 0.3 is 0 Å². The smallest absolute Gasteiger partial charge is 0.101 e. The van der Waals surface area contributed by atoms with Crippen LogP contribution in [0.25, 0.3) is 0 Å². The first-order chi connectivity index (χ1) is 13.3. The van der Waals surface area contributed by atoms with Crippen LogP contribution in [0.2, 0.25) is 0 Å². The Hall–Kier alpha value is -0.660. The van der Waals surface area contributed by atoms with Gasteiger partial charge in [0.1, 0.15) is 6.17 Å². The normalized spacial score (nSPS) is 16.6. The summed E-state index contributed by atoms with van der Waals surface area (Å²) in [6, 6.07) is 0. The van der Waals surface area contributed by atoms with E-state index < -0.39 is 0 Å². The molecule has 1 aliphatic rings.